The third-order valence-corrected chi connectivity index (χ3v) is 3.99. The fourth-order valence-corrected chi connectivity index (χ4v) is 2.62. The molecule has 0 bridgehead atoms. The first kappa shape index (κ1) is 16.7. The van der Waals surface area contributed by atoms with Gasteiger partial charge in [0.25, 0.3) is 0 Å². The highest BCUT2D eigenvalue weighted by Gasteiger charge is 2.03. The maximum Gasteiger partial charge on any atom is 0.244 e. The maximum absolute atomic E-state index is 12.0. The number of benzene rings is 2. The highest BCUT2D eigenvalue weighted by Crippen LogP contribution is 2.15. The van der Waals surface area contributed by atoms with Crippen LogP contribution in [-0.4, -0.2) is 25.7 Å². The monoisotopic (exact) mass is 359 g/mol. The average Bonchev–Trinajstić information content (AvgIpc) is 3.35. The Morgan fingerprint density at radius 3 is 2.70 bits per heavy atom. The minimum Gasteiger partial charge on any atom is -0.437 e. The molecule has 4 rings (SSSR count). The molecule has 7 heteroatoms. The van der Waals surface area contributed by atoms with Crippen LogP contribution in [0.25, 0.3) is 17.2 Å². The number of para-hydroxylation sites is 2. The molecule has 0 unspecified atom stereocenters. The molecular weight excluding hydrogens is 342 g/mol. The van der Waals surface area contributed by atoms with Crippen LogP contribution < -0.4 is 5.32 Å². The summed E-state index contributed by atoms with van der Waals surface area (Å²) in [4.78, 5) is 20.2. The van der Waals surface area contributed by atoms with E-state index in [4.69, 9.17) is 4.42 Å². The van der Waals surface area contributed by atoms with Crippen molar-refractivity contribution in [3.8, 4) is 0 Å². The summed E-state index contributed by atoms with van der Waals surface area (Å²) in [6, 6.07) is 15.5. The minimum absolute atomic E-state index is 0.205. The normalized spacial score (nSPS) is 11.3. The fraction of sp³-hybridized carbons (Fsp3) is 0.100. The van der Waals surface area contributed by atoms with E-state index in [1.54, 1.807) is 17.1 Å². The summed E-state index contributed by atoms with van der Waals surface area (Å²) >= 11 is 0. The lowest BCUT2D eigenvalue weighted by molar-refractivity contribution is -0.116. The summed E-state index contributed by atoms with van der Waals surface area (Å²) in [5, 5.41) is 6.93. The number of hydrogen-bond donors (Lipinski definition) is 1. The highest BCUT2D eigenvalue weighted by atomic mass is 16.3. The van der Waals surface area contributed by atoms with Crippen molar-refractivity contribution in [3.05, 3.63) is 84.3 Å². The van der Waals surface area contributed by atoms with Gasteiger partial charge in [0.15, 0.2) is 5.58 Å². The molecule has 7 nitrogen and oxygen atoms in total. The molecule has 0 saturated carbocycles. The van der Waals surface area contributed by atoms with Crippen LogP contribution in [0.3, 0.4) is 0 Å². The molecular formula is C20H17N5O2. The average molecular weight is 359 g/mol. The predicted octanol–water partition coefficient (Wildman–Crippen LogP) is 2.80. The Bertz CT molecular complexity index is 1030. The maximum atomic E-state index is 12.0. The largest absolute Gasteiger partial charge is 0.437 e. The van der Waals surface area contributed by atoms with Gasteiger partial charge in [0.2, 0.25) is 11.8 Å². The predicted molar refractivity (Wildman–Crippen MR) is 100 cm³/mol. The van der Waals surface area contributed by atoms with Gasteiger partial charge in [-0.1, -0.05) is 36.4 Å². The molecule has 4 aromatic rings. The van der Waals surface area contributed by atoms with Gasteiger partial charge in [0.05, 0.1) is 6.54 Å². The van der Waals surface area contributed by atoms with E-state index in [9.17, 15) is 4.79 Å². The molecule has 0 aliphatic carbocycles. The number of nitrogens with zero attached hydrogens (tertiary/aromatic N) is 4. The smallest absolute Gasteiger partial charge is 0.244 e. The van der Waals surface area contributed by atoms with Crippen molar-refractivity contribution < 1.29 is 9.21 Å². The summed E-state index contributed by atoms with van der Waals surface area (Å²) in [6.45, 7) is 1.11. The lowest BCUT2D eigenvalue weighted by Crippen LogP contribution is -2.20. The SMILES string of the molecule is O=C(/C=C/c1nc2ccccc2o1)NCc1ccc(Cn2cncn2)cc1. The van der Waals surface area contributed by atoms with E-state index in [0.717, 1.165) is 16.6 Å². The van der Waals surface area contributed by atoms with Crippen LogP contribution in [0, 0.1) is 0 Å². The molecule has 1 amide bonds. The Hall–Kier alpha value is -3.74. The fourth-order valence-electron chi connectivity index (χ4n) is 2.62. The van der Waals surface area contributed by atoms with Crippen molar-refractivity contribution in [2.75, 3.05) is 0 Å². The molecule has 0 atom stereocenters. The minimum atomic E-state index is -0.205. The van der Waals surface area contributed by atoms with Gasteiger partial charge < -0.3 is 9.73 Å². The number of fused-ring (bicyclic) bond motifs is 1. The first-order valence-corrected chi connectivity index (χ1v) is 8.48. The lowest BCUT2D eigenvalue weighted by atomic mass is 10.1. The van der Waals surface area contributed by atoms with E-state index in [-0.39, 0.29) is 5.91 Å². The Labute approximate surface area is 155 Å². The zero-order valence-electron chi connectivity index (χ0n) is 14.4. The van der Waals surface area contributed by atoms with E-state index in [0.29, 0.717) is 24.6 Å². The standard InChI is InChI=1S/C20H17N5O2/c26-19(9-10-20-24-17-3-1-2-4-18(17)27-20)22-11-15-5-7-16(8-6-15)12-25-14-21-13-23-25/h1-10,13-14H,11-12H2,(H,22,26)/b10-9+. The Morgan fingerprint density at radius 1 is 1.11 bits per heavy atom. The van der Waals surface area contributed by atoms with E-state index in [2.05, 4.69) is 20.4 Å². The Kier molecular flexibility index (Phi) is 4.74. The van der Waals surface area contributed by atoms with Crippen molar-refractivity contribution in [2.45, 2.75) is 13.1 Å². The van der Waals surface area contributed by atoms with Gasteiger partial charge in [-0.05, 0) is 23.3 Å². The Morgan fingerprint density at radius 2 is 1.93 bits per heavy atom. The second kappa shape index (κ2) is 7.65. The van der Waals surface area contributed by atoms with Gasteiger partial charge in [-0.3, -0.25) is 4.79 Å². The van der Waals surface area contributed by atoms with Crippen LogP contribution in [0.15, 0.2) is 71.7 Å². The van der Waals surface area contributed by atoms with Crippen LogP contribution in [0.4, 0.5) is 0 Å². The van der Waals surface area contributed by atoms with Crippen molar-refractivity contribution in [1.82, 2.24) is 25.1 Å². The first-order valence-electron chi connectivity index (χ1n) is 8.48. The molecule has 0 aliphatic heterocycles. The molecule has 0 aliphatic rings. The molecule has 1 N–H and O–H groups in total. The molecule has 2 aromatic carbocycles. The number of aromatic nitrogens is 4. The van der Waals surface area contributed by atoms with Gasteiger partial charge in [-0.25, -0.2) is 14.6 Å². The van der Waals surface area contributed by atoms with Crippen LogP contribution in [0.1, 0.15) is 17.0 Å². The molecule has 0 saturated heterocycles. The van der Waals surface area contributed by atoms with E-state index < -0.39 is 0 Å². The zero-order chi connectivity index (χ0) is 18.5. The van der Waals surface area contributed by atoms with Gasteiger partial charge in [0.1, 0.15) is 18.2 Å². The van der Waals surface area contributed by atoms with Crippen LogP contribution in [0.2, 0.25) is 0 Å². The van der Waals surface area contributed by atoms with Crippen molar-refractivity contribution in [3.63, 3.8) is 0 Å². The summed E-state index contributed by atoms with van der Waals surface area (Å²) in [5.74, 6) is 0.202. The molecule has 2 heterocycles. The summed E-state index contributed by atoms with van der Waals surface area (Å²) in [5.41, 5.74) is 3.60. The van der Waals surface area contributed by atoms with E-state index >= 15 is 0 Å². The number of amides is 1. The zero-order valence-corrected chi connectivity index (χ0v) is 14.4. The van der Waals surface area contributed by atoms with Crippen LogP contribution >= 0.6 is 0 Å². The number of nitrogens with one attached hydrogen (secondary N) is 1. The number of carbonyl (C=O) groups is 1. The van der Waals surface area contributed by atoms with Crippen molar-refractivity contribution in [2.24, 2.45) is 0 Å². The third-order valence-electron chi connectivity index (χ3n) is 3.99. The lowest BCUT2D eigenvalue weighted by Gasteiger charge is -2.05. The van der Waals surface area contributed by atoms with Crippen molar-refractivity contribution in [1.29, 1.82) is 0 Å². The van der Waals surface area contributed by atoms with Crippen LogP contribution in [-0.2, 0) is 17.9 Å². The second-order valence-corrected chi connectivity index (χ2v) is 5.98. The number of hydrogen-bond acceptors (Lipinski definition) is 5. The van der Waals surface area contributed by atoms with Gasteiger partial charge in [-0.2, -0.15) is 5.10 Å². The third kappa shape index (κ3) is 4.27. The molecule has 2 aromatic heterocycles. The molecule has 0 spiro atoms. The number of carbonyl (C=O) groups excluding carboxylic acids is 1. The number of oxazole rings is 1. The molecule has 0 fully saturated rings. The van der Waals surface area contributed by atoms with E-state index in [1.807, 2.05) is 48.5 Å². The highest BCUT2D eigenvalue weighted by molar-refractivity contribution is 5.91. The molecule has 27 heavy (non-hydrogen) atoms. The summed E-state index contributed by atoms with van der Waals surface area (Å²) < 4.78 is 7.31. The first-order chi connectivity index (χ1) is 13.3. The van der Waals surface area contributed by atoms with Gasteiger partial charge in [0, 0.05) is 18.7 Å². The second-order valence-electron chi connectivity index (χ2n) is 5.98. The summed E-state index contributed by atoms with van der Waals surface area (Å²) in [6.07, 6.45) is 6.18. The number of rotatable bonds is 6. The topological polar surface area (TPSA) is 85.8 Å². The molecule has 134 valence electrons. The van der Waals surface area contributed by atoms with Crippen molar-refractivity contribution >= 4 is 23.1 Å². The van der Waals surface area contributed by atoms with Gasteiger partial charge in [-0.15, -0.1) is 0 Å². The van der Waals surface area contributed by atoms with Crippen LogP contribution in [0.5, 0.6) is 0 Å². The van der Waals surface area contributed by atoms with E-state index in [1.165, 1.54) is 12.4 Å². The molecule has 0 radical (unpaired) electrons. The summed E-state index contributed by atoms with van der Waals surface area (Å²) in [7, 11) is 0. The quantitative estimate of drug-likeness (QED) is 0.535. The van der Waals surface area contributed by atoms with Gasteiger partial charge >= 0.3 is 0 Å². The Balaban J connectivity index is 1.30.